The number of carbonyl (C=O) groups excluding carboxylic acids is 1. The van der Waals surface area contributed by atoms with Crippen molar-refractivity contribution in [1.82, 2.24) is 9.99 Å². The highest BCUT2D eigenvalue weighted by Crippen LogP contribution is 2.25. The first-order chi connectivity index (χ1) is 9.90. The summed E-state index contributed by atoms with van der Waals surface area (Å²) in [5, 5.41) is 4.63. The molecule has 0 aliphatic rings. The second-order valence-electron chi connectivity index (χ2n) is 5.02. The summed E-state index contributed by atoms with van der Waals surface area (Å²) < 4.78 is 2.14. The van der Waals surface area contributed by atoms with Gasteiger partial charge in [-0.15, -0.1) is 0 Å². The lowest BCUT2D eigenvalue weighted by atomic mass is 10.2. The highest BCUT2D eigenvalue weighted by atomic mass is 35.5. The lowest BCUT2D eigenvalue weighted by Gasteiger charge is -2.13. The van der Waals surface area contributed by atoms with E-state index in [1.807, 2.05) is 38.1 Å². The third kappa shape index (κ3) is 3.34. The molecular weight excluding hydrogens is 286 g/mol. The molecule has 5 heteroatoms. The maximum atomic E-state index is 10.8. The van der Waals surface area contributed by atoms with Gasteiger partial charge >= 0.3 is 0 Å². The Morgan fingerprint density at radius 1 is 1.29 bits per heavy atom. The number of hydrazone groups is 1. The molecule has 1 aromatic carbocycles. The van der Waals surface area contributed by atoms with E-state index in [9.17, 15) is 4.79 Å². The molecule has 1 amide bonds. The normalized spacial score (nSPS) is 11.1. The molecule has 2 rings (SSSR count). The Hall–Kier alpha value is -2.07. The molecule has 0 saturated heterocycles. The van der Waals surface area contributed by atoms with E-state index in [1.54, 1.807) is 6.21 Å². The van der Waals surface area contributed by atoms with Crippen LogP contribution in [-0.2, 0) is 4.79 Å². The van der Waals surface area contributed by atoms with Crippen molar-refractivity contribution in [2.75, 3.05) is 0 Å². The molecule has 0 aliphatic heterocycles. The summed E-state index contributed by atoms with van der Waals surface area (Å²) in [6.45, 7) is 7.52. The van der Waals surface area contributed by atoms with Gasteiger partial charge in [0.25, 0.3) is 0 Å². The molecule has 0 bridgehead atoms. The van der Waals surface area contributed by atoms with Crippen LogP contribution >= 0.6 is 11.6 Å². The van der Waals surface area contributed by atoms with Crippen LogP contribution in [0.2, 0.25) is 5.02 Å². The minimum absolute atomic E-state index is 0.189. The fourth-order valence-corrected chi connectivity index (χ4v) is 2.47. The van der Waals surface area contributed by atoms with Crippen molar-refractivity contribution in [3.63, 3.8) is 0 Å². The predicted octanol–water partition coefficient (Wildman–Crippen LogP) is 3.53. The molecular formula is C16H18ClN3O. The molecule has 2 aromatic rings. The lowest BCUT2D eigenvalue weighted by Crippen LogP contribution is -2.12. The molecule has 21 heavy (non-hydrogen) atoms. The van der Waals surface area contributed by atoms with Crippen LogP contribution < -0.4 is 5.43 Å². The summed E-state index contributed by atoms with van der Waals surface area (Å²) in [6.07, 6.45) is 1.65. The quantitative estimate of drug-likeness (QED) is 0.684. The number of aryl methyl sites for hydroxylation is 2. The average Bonchev–Trinajstić information content (AvgIpc) is 2.67. The standard InChI is InChI=1S/C16H18ClN3O/c1-10-5-6-15(17)8-16(10)20-11(2)7-14(12(20)3)9-18-19-13(4)21/h5-9H,1-4H3,(H,19,21)/b18-9-. The second kappa shape index (κ2) is 6.14. The van der Waals surface area contributed by atoms with Gasteiger partial charge in [0, 0.05) is 34.6 Å². The summed E-state index contributed by atoms with van der Waals surface area (Å²) in [7, 11) is 0. The number of carbonyl (C=O) groups is 1. The molecule has 0 atom stereocenters. The van der Waals surface area contributed by atoms with Crippen molar-refractivity contribution < 1.29 is 4.79 Å². The van der Waals surface area contributed by atoms with Gasteiger partial charge in [0.2, 0.25) is 5.91 Å². The molecule has 1 heterocycles. The molecule has 1 N–H and O–H groups in total. The van der Waals surface area contributed by atoms with E-state index in [-0.39, 0.29) is 5.91 Å². The molecule has 1 aromatic heterocycles. The van der Waals surface area contributed by atoms with Crippen molar-refractivity contribution in [3.05, 3.63) is 51.8 Å². The van der Waals surface area contributed by atoms with E-state index in [1.165, 1.54) is 6.92 Å². The maximum absolute atomic E-state index is 10.8. The van der Waals surface area contributed by atoms with E-state index < -0.39 is 0 Å². The van der Waals surface area contributed by atoms with Crippen molar-refractivity contribution in [1.29, 1.82) is 0 Å². The number of aromatic nitrogens is 1. The average molecular weight is 304 g/mol. The van der Waals surface area contributed by atoms with Crippen LogP contribution in [0.1, 0.15) is 29.4 Å². The van der Waals surface area contributed by atoms with Crippen LogP contribution in [0.25, 0.3) is 5.69 Å². The Morgan fingerprint density at radius 3 is 2.67 bits per heavy atom. The first-order valence-corrected chi connectivity index (χ1v) is 7.03. The number of benzene rings is 1. The molecule has 0 fully saturated rings. The minimum atomic E-state index is -0.189. The van der Waals surface area contributed by atoms with E-state index in [0.29, 0.717) is 5.02 Å². The van der Waals surface area contributed by atoms with Gasteiger partial charge < -0.3 is 4.57 Å². The zero-order valence-electron chi connectivity index (χ0n) is 12.6. The number of rotatable bonds is 3. The lowest BCUT2D eigenvalue weighted by molar-refractivity contribution is -0.118. The summed E-state index contributed by atoms with van der Waals surface area (Å²) in [5.74, 6) is -0.189. The van der Waals surface area contributed by atoms with Crippen LogP contribution in [0.3, 0.4) is 0 Å². The van der Waals surface area contributed by atoms with Crippen molar-refractivity contribution in [2.24, 2.45) is 5.10 Å². The number of hydrogen-bond acceptors (Lipinski definition) is 2. The smallest absolute Gasteiger partial charge is 0.236 e. The maximum Gasteiger partial charge on any atom is 0.236 e. The monoisotopic (exact) mass is 303 g/mol. The Labute approximate surface area is 129 Å². The zero-order chi connectivity index (χ0) is 15.6. The van der Waals surface area contributed by atoms with E-state index >= 15 is 0 Å². The van der Waals surface area contributed by atoms with Gasteiger partial charge in [0.1, 0.15) is 0 Å². The van der Waals surface area contributed by atoms with Crippen LogP contribution in [0.15, 0.2) is 29.4 Å². The summed E-state index contributed by atoms with van der Waals surface area (Å²) >= 11 is 6.11. The Morgan fingerprint density at radius 2 is 2.00 bits per heavy atom. The highest BCUT2D eigenvalue weighted by molar-refractivity contribution is 6.30. The number of amides is 1. The Bertz CT molecular complexity index is 717. The molecule has 110 valence electrons. The molecule has 0 unspecified atom stereocenters. The van der Waals surface area contributed by atoms with Crippen molar-refractivity contribution >= 4 is 23.7 Å². The number of nitrogens with zero attached hydrogens (tertiary/aromatic N) is 2. The molecule has 0 aliphatic carbocycles. The van der Waals surface area contributed by atoms with Crippen molar-refractivity contribution in [2.45, 2.75) is 27.7 Å². The van der Waals surface area contributed by atoms with Crippen LogP contribution in [0.5, 0.6) is 0 Å². The summed E-state index contributed by atoms with van der Waals surface area (Å²) in [4.78, 5) is 10.8. The topological polar surface area (TPSA) is 46.4 Å². The molecule has 0 spiro atoms. The predicted molar refractivity (Wildman–Crippen MR) is 86.4 cm³/mol. The van der Waals surface area contributed by atoms with E-state index in [2.05, 4.69) is 22.0 Å². The third-order valence-corrected chi connectivity index (χ3v) is 3.54. The summed E-state index contributed by atoms with van der Waals surface area (Å²) in [5.41, 5.74) is 7.70. The van der Waals surface area contributed by atoms with E-state index in [4.69, 9.17) is 11.6 Å². The fourth-order valence-electron chi connectivity index (χ4n) is 2.31. The third-order valence-electron chi connectivity index (χ3n) is 3.31. The molecule has 0 radical (unpaired) electrons. The van der Waals surface area contributed by atoms with Crippen LogP contribution in [0.4, 0.5) is 0 Å². The number of halogens is 1. The minimum Gasteiger partial charge on any atom is -0.318 e. The van der Waals surface area contributed by atoms with Gasteiger partial charge in [0.05, 0.1) is 6.21 Å². The van der Waals surface area contributed by atoms with Gasteiger partial charge in [-0.2, -0.15) is 5.10 Å². The molecule has 4 nitrogen and oxygen atoms in total. The number of nitrogens with one attached hydrogen (secondary N) is 1. The van der Waals surface area contributed by atoms with Gasteiger partial charge in [-0.05, 0) is 44.5 Å². The molecule has 0 saturated carbocycles. The van der Waals surface area contributed by atoms with Gasteiger partial charge in [-0.1, -0.05) is 17.7 Å². The second-order valence-corrected chi connectivity index (χ2v) is 5.46. The van der Waals surface area contributed by atoms with Crippen LogP contribution in [-0.4, -0.2) is 16.7 Å². The first kappa shape index (κ1) is 15.3. The van der Waals surface area contributed by atoms with Crippen LogP contribution in [0, 0.1) is 20.8 Å². The van der Waals surface area contributed by atoms with E-state index in [0.717, 1.165) is 28.2 Å². The Balaban J connectivity index is 2.46. The first-order valence-electron chi connectivity index (χ1n) is 6.65. The highest BCUT2D eigenvalue weighted by Gasteiger charge is 2.11. The largest absolute Gasteiger partial charge is 0.318 e. The SMILES string of the molecule is CC(=O)N/N=C\c1cc(C)n(-c2cc(Cl)ccc2C)c1C. The van der Waals surface area contributed by atoms with Gasteiger partial charge in [-0.25, -0.2) is 5.43 Å². The zero-order valence-corrected chi connectivity index (χ0v) is 13.3. The Kier molecular flexibility index (Phi) is 4.48. The van der Waals surface area contributed by atoms with Gasteiger partial charge in [-0.3, -0.25) is 4.79 Å². The van der Waals surface area contributed by atoms with Gasteiger partial charge in [0.15, 0.2) is 0 Å². The summed E-state index contributed by atoms with van der Waals surface area (Å²) in [6, 6.07) is 7.86. The van der Waals surface area contributed by atoms with Crippen molar-refractivity contribution in [3.8, 4) is 5.69 Å². The fraction of sp³-hybridized carbons (Fsp3) is 0.250. The number of hydrogen-bond donors (Lipinski definition) is 1.